The lowest BCUT2D eigenvalue weighted by Gasteiger charge is -2.32. The molecule has 0 aliphatic carbocycles. The number of nitrogens with zero attached hydrogens (tertiary/aromatic N) is 2. The van der Waals surface area contributed by atoms with E-state index in [0.717, 1.165) is 23.3 Å². The Labute approximate surface area is 171 Å². The summed E-state index contributed by atoms with van der Waals surface area (Å²) in [6.07, 6.45) is 0. The quantitative estimate of drug-likeness (QED) is 0.645. The Hall–Kier alpha value is -2.55. The van der Waals surface area contributed by atoms with Gasteiger partial charge < -0.3 is 20.1 Å². The second-order valence-corrected chi connectivity index (χ2v) is 8.54. The van der Waals surface area contributed by atoms with Gasteiger partial charge in [-0.2, -0.15) is 0 Å². The first-order valence-corrected chi connectivity index (χ1v) is 10.2. The summed E-state index contributed by atoms with van der Waals surface area (Å²) < 4.78 is 1.67. The number of carbonyl (C=O) groups is 2. The normalized spacial score (nSPS) is 15.0. The average molecular weight is 413 g/mol. The van der Waals surface area contributed by atoms with Gasteiger partial charge >= 0.3 is 0 Å². The summed E-state index contributed by atoms with van der Waals surface area (Å²) in [6, 6.07) is 12.6. The molecule has 1 aromatic heterocycles. The van der Waals surface area contributed by atoms with Gasteiger partial charge in [-0.15, -0.1) is 11.3 Å². The summed E-state index contributed by atoms with van der Waals surface area (Å²) in [6.45, 7) is 3.01. The van der Waals surface area contributed by atoms with Gasteiger partial charge in [-0.05, 0) is 49.6 Å². The number of aromatic amines is 1. The Bertz CT molecular complexity index is 1100. The van der Waals surface area contributed by atoms with Crippen LogP contribution in [0.1, 0.15) is 20.7 Å². The lowest BCUT2D eigenvalue weighted by molar-refractivity contribution is 0.0660. The molecule has 28 heavy (non-hydrogen) atoms. The molecule has 0 atom stereocenters. The van der Waals surface area contributed by atoms with Crippen LogP contribution in [0.2, 0.25) is 0 Å². The molecule has 8 heteroatoms. The van der Waals surface area contributed by atoms with E-state index in [9.17, 15) is 9.59 Å². The number of rotatable bonds is 3. The van der Waals surface area contributed by atoms with Crippen molar-refractivity contribution in [1.29, 1.82) is 0 Å². The summed E-state index contributed by atoms with van der Waals surface area (Å²) in [4.78, 5) is 33.0. The SMILES string of the molecule is CN1CCN(C(=O)c2ccccc2C(=O)Nc2ccc3[nH]c(=S)sc3c2)CC1. The van der Waals surface area contributed by atoms with Crippen molar-refractivity contribution >= 4 is 51.3 Å². The number of benzene rings is 2. The number of fused-ring (bicyclic) bond motifs is 1. The first-order valence-electron chi connectivity index (χ1n) is 9.02. The van der Waals surface area contributed by atoms with Crippen molar-refractivity contribution in [1.82, 2.24) is 14.8 Å². The Morgan fingerprint density at radius 3 is 2.54 bits per heavy atom. The zero-order valence-electron chi connectivity index (χ0n) is 15.4. The number of carbonyl (C=O) groups excluding carboxylic acids is 2. The molecule has 0 radical (unpaired) electrons. The van der Waals surface area contributed by atoms with Crippen LogP contribution in [0.25, 0.3) is 10.2 Å². The molecule has 1 saturated heterocycles. The highest BCUT2D eigenvalue weighted by molar-refractivity contribution is 7.73. The summed E-state index contributed by atoms with van der Waals surface area (Å²) in [7, 11) is 2.04. The van der Waals surface area contributed by atoms with Gasteiger partial charge in [0.05, 0.1) is 21.3 Å². The second-order valence-electron chi connectivity index (χ2n) is 6.82. The van der Waals surface area contributed by atoms with Crippen LogP contribution >= 0.6 is 23.6 Å². The number of likely N-dealkylation sites (N-methyl/N-ethyl adjacent to an activating group) is 1. The minimum absolute atomic E-state index is 0.0992. The molecule has 2 N–H and O–H groups in total. The number of hydrogen-bond acceptors (Lipinski definition) is 5. The van der Waals surface area contributed by atoms with Crippen molar-refractivity contribution in [3.05, 3.63) is 57.5 Å². The maximum Gasteiger partial charge on any atom is 0.256 e. The largest absolute Gasteiger partial charge is 0.337 e. The molecule has 0 saturated carbocycles. The number of piperazine rings is 1. The van der Waals surface area contributed by atoms with Crippen LogP contribution in [-0.4, -0.2) is 59.8 Å². The molecule has 2 heterocycles. The summed E-state index contributed by atoms with van der Waals surface area (Å²) in [5.74, 6) is -0.394. The first kappa shape index (κ1) is 18.8. The molecule has 1 aliphatic heterocycles. The van der Waals surface area contributed by atoms with Gasteiger partial charge in [0.2, 0.25) is 0 Å². The molecule has 4 rings (SSSR count). The monoisotopic (exact) mass is 412 g/mol. The van der Waals surface area contributed by atoms with E-state index >= 15 is 0 Å². The van der Waals surface area contributed by atoms with Gasteiger partial charge in [-0.25, -0.2) is 0 Å². The van der Waals surface area contributed by atoms with Gasteiger partial charge in [-0.1, -0.05) is 12.1 Å². The highest BCUT2D eigenvalue weighted by Crippen LogP contribution is 2.24. The molecular formula is C20H20N4O2S2. The Kier molecular flexibility index (Phi) is 5.25. The molecule has 6 nitrogen and oxygen atoms in total. The van der Waals surface area contributed by atoms with E-state index in [4.69, 9.17) is 12.2 Å². The molecule has 2 amide bonds. The highest BCUT2D eigenvalue weighted by atomic mass is 32.1. The van der Waals surface area contributed by atoms with E-state index < -0.39 is 0 Å². The maximum absolute atomic E-state index is 13.0. The Balaban J connectivity index is 1.57. The number of H-pyrrole nitrogens is 1. The fourth-order valence-corrected chi connectivity index (χ4v) is 4.42. The zero-order chi connectivity index (χ0) is 19.7. The number of aromatic nitrogens is 1. The average Bonchev–Trinajstić information content (AvgIpc) is 3.07. The predicted octanol–water partition coefficient (Wildman–Crippen LogP) is 3.60. The molecule has 0 spiro atoms. The number of hydrogen-bond donors (Lipinski definition) is 2. The van der Waals surface area contributed by atoms with Crippen molar-refractivity contribution < 1.29 is 9.59 Å². The van der Waals surface area contributed by atoms with Crippen LogP contribution in [0.15, 0.2) is 42.5 Å². The third-order valence-corrected chi connectivity index (χ3v) is 6.07. The van der Waals surface area contributed by atoms with Crippen molar-refractivity contribution in [3.63, 3.8) is 0 Å². The number of thiazole rings is 1. The van der Waals surface area contributed by atoms with Crippen LogP contribution in [-0.2, 0) is 0 Å². The Morgan fingerprint density at radius 2 is 1.79 bits per heavy atom. The minimum atomic E-state index is -0.295. The fraction of sp³-hybridized carbons (Fsp3) is 0.250. The molecule has 0 unspecified atom stereocenters. The van der Waals surface area contributed by atoms with Crippen molar-refractivity contribution in [2.45, 2.75) is 0 Å². The minimum Gasteiger partial charge on any atom is -0.337 e. The fourth-order valence-electron chi connectivity index (χ4n) is 3.27. The van der Waals surface area contributed by atoms with Gasteiger partial charge in [0.25, 0.3) is 11.8 Å². The molecule has 1 fully saturated rings. The zero-order valence-corrected chi connectivity index (χ0v) is 17.0. The Morgan fingerprint density at radius 1 is 1.07 bits per heavy atom. The second kappa shape index (κ2) is 7.83. The summed E-state index contributed by atoms with van der Waals surface area (Å²) in [5.41, 5.74) is 2.43. The van der Waals surface area contributed by atoms with Crippen LogP contribution in [0.4, 0.5) is 5.69 Å². The van der Waals surface area contributed by atoms with E-state index in [1.54, 1.807) is 24.3 Å². The molecule has 1 aliphatic rings. The van der Waals surface area contributed by atoms with Gasteiger partial charge in [0, 0.05) is 31.9 Å². The van der Waals surface area contributed by atoms with Crippen molar-refractivity contribution in [3.8, 4) is 0 Å². The van der Waals surface area contributed by atoms with Crippen LogP contribution in [0.5, 0.6) is 0 Å². The standard InChI is InChI=1S/C20H20N4O2S2/c1-23-8-10-24(11-9-23)19(26)15-5-3-2-4-14(15)18(25)21-13-6-7-16-17(12-13)28-20(27)22-16/h2-7,12H,8-11H2,1H3,(H,21,25)(H,22,27). The molecule has 144 valence electrons. The van der Waals surface area contributed by atoms with Crippen LogP contribution in [0.3, 0.4) is 0 Å². The lowest BCUT2D eigenvalue weighted by Crippen LogP contribution is -2.47. The van der Waals surface area contributed by atoms with E-state index in [1.807, 2.05) is 30.1 Å². The van der Waals surface area contributed by atoms with Gasteiger partial charge in [0.15, 0.2) is 3.95 Å². The van der Waals surface area contributed by atoms with Crippen LogP contribution in [0, 0.1) is 3.95 Å². The first-order chi connectivity index (χ1) is 13.5. The van der Waals surface area contributed by atoms with Crippen LogP contribution < -0.4 is 5.32 Å². The highest BCUT2D eigenvalue weighted by Gasteiger charge is 2.24. The van der Waals surface area contributed by atoms with E-state index in [0.29, 0.717) is 33.9 Å². The van der Waals surface area contributed by atoms with Gasteiger partial charge in [-0.3, -0.25) is 9.59 Å². The third-order valence-electron chi connectivity index (χ3n) is 4.87. The predicted molar refractivity (Wildman–Crippen MR) is 115 cm³/mol. The molecular weight excluding hydrogens is 392 g/mol. The summed E-state index contributed by atoms with van der Waals surface area (Å²) >= 11 is 6.63. The van der Waals surface area contributed by atoms with Gasteiger partial charge in [0.1, 0.15) is 0 Å². The van der Waals surface area contributed by atoms with E-state index in [2.05, 4.69) is 15.2 Å². The number of nitrogens with one attached hydrogen (secondary N) is 2. The topological polar surface area (TPSA) is 68.4 Å². The lowest BCUT2D eigenvalue weighted by atomic mass is 10.0. The van der Waals surface area contributed by atoms with Crippen molar-refractivity contribution in [2.24, 2.45) is 0 Å². The molecule has 3 aromatic rings. The summed E-state index contributed by atoms with van der Waals surface area (Å²) in [5, 5.41) is 2.91. The maximum atomic E-state index is 13.0. The number of amides is 2. The third kappa shape index (κ3) is 3.84. The van der Waals surface area contributed by atoms with E-state index in [-0.39, 0.29) is 11.8 Å². The van der Waals surface area contributed by atoms with Crippen molar-refractivity contribution in [2.75, 3.05) is 38.5 Å². The number of anilines is 1. The van der Waals surface area contributed by atoms with E-state index in [1.165, 1.54) is 11.3 Å². The molecule has 0 bridgehead atoms. The molecule has 2 aromatic carbocycles. The smallest absolute Gasteiger partial charge is 0.256 e.